The van der Waals surface area contributed by atoms with Gasteiger partial charge < -0.3 is 4.57 Å². The van der Waals surface area contributed by atoms with Gasteiger partial charge in [0.1, 0.15) is 5.57 Å². The van der Waals surface area contributed by atoms with Crippen LogP contribution in [0.2, 0.25) is 0 Å². The van der Waals surface area contributed by atoms with E-state index in [0.29, 0.717) is 5.92 Å². The van der Waals surface area contributed by atoms with E-state index in [1.54, 1.807) is 13.1 Å². The number of thiocarbonyl (C=S) groups is 1. The Bertz CT molecular complexity index is 880. The van der Waals surface area contributed by atoms with Crippen LogP contribution in [-0.4, -0.2) is 33.4 Å². The molecule has 1 N–H and O–H groups in total. The molecule has 1 saturated heterocycles. The number of carbonyl (C=O) groups is 2. The highest BCUT2D eigenvalue weighted by Crippen LogP contribution is 2.25. The molecule has 3 rings (SSSR count). The van der Waals surface area contributed by atoms with Gasteiger partial charge in [0.15, 0.2) is 5.11 Å². The van der Waals surface area contributed by atoms with Crippen molar-refractivity contribution in [2.45, 2.75) is 20.4 Å². The van der Waals surface area contributed by atoms with Crippen molar-refractivity contribution >= 4 is 46.1 Å². The van der Waals surface area contributed by atoms with Gasteiger partial charge in [0, 0.05) is 36.3 Å². The molecule has 24 heavy (non-hydrogen) atoms. The maximum Gasteiger partial charge on any atom is 0.265 e. The van der Waals surface area contributed by atoms with Gasteiger partial charge in [-0.2, -0.15) is 0 Å². The second kappa shape index (κ2) is 6.20. The van der Waals surface area contributed by atoms with E-state index >= 15 is 0 Å². The summed E-state index contributed by atoms with van der Waals surface area (Å²) in [6, 6.07) is 7.98. The number of hydrogen-bond acceptors (Lipinski definition) is 3. The molecular weight excluding hydrogens is 322 g/mol. The van der Waals surface area contributed by atoms with E-state index in [2.05, 4.69) is 23.7 Å². The first kappa shape index (κ1) is 16.4. The van der Waals surface area contributed by atoms with E-state index in [-0.39, 0.29) is 16.6 Å². The lowest BCUT2D eigenvalue weighted by atomic mass is 10.1. The van der Waals surface area contributed by atoms with Crippen molar-refractivity contribution in [1.82, 2.24) is 14.8 Å². The first-order valence-corrected chi connectivity index (χ1v) is 8.22. The first-order valence-electron chi connectivity index (χ1n) is 7.81. The van der Waals surface area contributed by atoms with Gasteiger partial charge in [-0.15, -0.1) is 0 Å². The maximum absolute atomic E-state index is 12.4. The summed E-state index contributed by atoms with van der Waals surface area (Å²) < 4.78 is 2.16. The highest BCUT2D eigenvalue weighted by molar-refractivity contribution is 7.80. The van der Waals surface area contributed by atoms with E-state index < -0.39 is 5.91 Å². The third-order valence-corrected chi connectivity index (χ3v) is 4.36. The van der Waals surface area contributed by atoms with Crippen LogP contribution in [0.25, 0.3) is 17.0 Å². The molecule has 0 radical (unpaired) electrons. The third-order valence-electron chi connectivity index (χ3n) is 3.99. The Morgan fingerprint density at radius 3 is 2.67 bits per heavy atom. The first-order chi connectivity index (χ1) is 11.4. The normalized spacial score (nSPS) is 17.2. The number of nitrogens with zero attached hydrogens (tertiary/aromatic N) is 2. The van der Waals surface area contributed by atoms with Crippen molar-refractivity contribution < 1.29 is 9.59 Å². The molecule has 0 atom stereocenters. The van der Waals surface area contributed by atoms with Crippen LogP contribution in [0.3, 0.4) is 0 Å². The molecule has 5 nitrogen and oxygen atoms in total. The Morgan fingerprint density at radius 1 is 1.25 bits per heavy atom. The summed E-state index contributed by atoms with van der Waals surface area (Å²) in [4.78, 5) is 25.8. The van der Waals surface area contributed by atoms with Crippen molar-refractivity contribution in [1.29, 1.82) is 0 Å². The van der Waals surface area contributed by atoms with Crippen LogP contribution in [0.15, 0.2) is 36.0 Å². The summed E-state index contributed by atoms with van der Waals surface area (Å²) in [5.74, 6) is -0.349. The minimum atomic E-state index is -0.455. The van der Waals surface area contributed by atoms with Gasteiger partial charge in [-0.25, -0.2) is 0 Å². The van der Waals surface area contributed by atoms with Gasteiger partial charge in [-0.1, -0.05) is 32.0 Å². The SMILES string of the molecule is CC(C)Cn1cc(/C=C2\C(=O)NC(=S)N(C)C2=O)c2ccccc21. The number of rotatable bonds is 3. The summed E-state index contributed by atoms with van der Waals surface area (Å²) in [6.45, 7) is 5.18. The van der Waals surface area contributed by atoms with Gasteiger partial charge in [-0.3, -0.25) is 19.8 Å². The van der Waals surface area contributed by atoms with Crippen molar-refractivity contribution in [2.24, 2.45) is 5.92 Å². The molecule has 0 aliphatic carbocycles. The highest BCUT2D eigenvalue weighted by Gasteiger charge is 2.31. The van der Waals surface area contributed by atoms with E-state index in [1.165, 1.54) is 4.90 Å². The molecule has 0 saturated carbocycles. The molecule has 1 aliphatic rings. The largest absolute Gasteiger partial charge is 0.347 e. The molecule has 1 aliphatic heterocycles. The Hall–Kier alpha value is -2.47. The van der Waals surface area contributed by atoms with Crippen LogP contribution in [0.1, 0.15) is 19.4 Å². The number of aromatic nitrogens is 1. The number of nitrogens with one attached hydrogen (secondary N) is 1. The smallest absolute Gasteiger partial charge is 0.265 e. The molecular formula is C18H19N3O2S. The lowest BCUT2D eigenvalue weighted by Crippen LogP contribution is -2.52. The molecule has 0 bridgehead atoms. The minimum Gasteiger partial charge on any atom is -0.347 e. The maximum atomic E-state index is 12.4. The monoisotopic (exact) mass is 341 g/mol. The van der Waals surface area contributed by atoms with E-state index in [1.807, 2.05) is 30.5 Å². The zero-order valence-corrected chi connectivity index (χ0v) is 14.7. The number of para-hydroxylation sites is 1. The van der Waals surface area contributed by atoms with Crippen molar-refractivity contribution in [3.8, 4) is 0 Å². The zero-order valence-electron chi connectivity index (χ0n) is 13.9. The van der Waals surface area contributed by atoms with Gasteiger partial charge in [-0.05, 0) is 30.3 Å². The lowest BCUT2D eigenvalue weighted by Gasteiger charge is -2.24. The van der Waals surface area contributed by atoms with Crippen molar-refractivity contribution in [3.63, 3.8) is 0 Å². The summed E-state index contributed by atoms with van der Waals surface area (Å²) in [5, 5.41) is 3.68. The van der Waals surface area contributed by atoms with E-state index in [4.69, 9.17) is 12.2 Å². The fraction of sp³-hybridized carbons (Fsp3) is 0.278. The van der Waals surface area contributed by atoms with Crippen LogP contribution in [0.5, 0.6) is 0 Å². The third kappa shape index (κ3) is 2.85. The Kier molecular flexibility index (Phi) is 4.24. The summed E-state index contributed by atoms with van der Waals surface area (Å²) in [6.07, 6.45) is 3.64. The van der Waals surface area contributed by atoms with Crippen molar-refractivity contribution in [2.75, 3.05) is 7.05 Å². The average Bonchev–Trinajstić information content (AvgIpc) is 2.87. The Labute approximate surface area is 145 Å². The topological polar surface area (TPSA) is 54.3 Å². The molecule has 1 aromatic carbocycles. The Balaban J connectivity index is 2.11. The lowest BCUT2D eigenvalue weighted by molar-refractivity contribution is -0.128. The summed E-state index contributed by atoms with van der Waals surface area (Å²) >= 11 is 4.97. The van der Waals surface area contributed by atoms with Crippen LogP contribution in [0.4, 0.5) is 0 Å². The molecule has 1 aromatic heterocycles. The molecule has 124 valence electrons. The average molecular weight is 341 g/mol. The molecule has 0 spiro atoms. The molecule has 2 amide bonds. The number of hydrogen-bond donors (Lipinski definition) is 1. The minimum absolute atomic E-state index is 0.0959. The standard InChI is InChI=1S/C18H19N3O2S/c1-11(2)9-21-10-12(13-6-4-5-7-15(13)21)8-14-16(22)19-18(24)20(3)17(14)23/h4-8,10-11H,9H2,1-3H3,(H,19,22,24)/b14-8+. The molecule has 6 heteroatoms. The number of benzene rings is 1. The van der Waals surface area contributed by atoms with Crippen LogP contribution in [0, 0.1) is 5.92 Å². The fourth-order valence-corrected chi connectivity index (χ4v) is 3.01. The second-order valence-corrected chi connectivity index (χ2v) is 6.72. The fourth-order valence-electron chi connectivity index (χ4n) is 2.84. The molecule has 2 aromatic rings. The van der Waals surface area contributed by atoms with Crippen LogP contribution >= 0.6 is 12.2 Å². The zero-order chi connectivity index (χ0) is 17.4. The van der Waals surface area contributed by atoms with Gasteiger partial charge in [0.25, 0.3) is 11.8 Å². The highest BCUT2D eigenvalue weighted by atomic mass is 32.1. The number of likely N-dealkylation sites (N-methyl/N-ethyl adjacent to an activating group) is 1. The van der Waals surface area contributed by atoms with Gasteiger partial charge >= 0.3 is 0 Å². The quantitative estimate of drug-likeness (QED) is 0.530. The Morgan fingerprint density at radius 2 is 1.96 bits per heavy atom. The summed E-state index contributed by atoms with van der Waals surface area (Å²) in [5.41, 5.74) is 2.04. The van der Waals surface area contributed by atoms with E-state index in [9.17, 15) is 9.59 Å². The number of amides is 2. The molecule has 0 unspecified atom stereocenters. The predicted octanol–water partition coefficient (Wildman–Crippen LogP) is 2.55. The van der Waals surface area contributed by atoms with Crippen LogP contribution < -0.4 is 5.32 Å². The van der Waals surface area contributed by atoms with E-state index in [0.717, 1.165) is 23.0 Å². The van der Waals surface area contributed by atoms with Gasteiger partial charge in [0.05, 0.1) is 0 Å². The number of fused-ring (bicyclic) bond motifs is 1. The molecule has 1 fully saturated rings. The second-order valence-electron chi connectivity index (χ2n) is 6.33. The van der Waals surface area contributed by atoms with Crippen molar-refractivity contribution in [3.05, 3.63) is 41.6 Å². The predicted molar refractivity (Wildman–Crippen MR) is 98.3 cm³/mol. The number of carbonyl (C=O) groups excluding carboxylic acids is 2. The van der Waals surface area contributed by atoms with Gasteiger partial charge in [0.2, 0.25) is 0 Å². The summed E-state index contributed by atoms with van der Waals surface area (Å²) in [7, 11) is 1.56. The van der Waals surface area contributed by atoms with Crippen LogP contribution in [-0.2, 0) is 16.1 Å². The molecule has 2 heterocycles.